The highest BCUT2D eigenvalue weighted by Gasteiger charge is 2.11. The molecule has 0 aliphatic carbocycles. The summed E-state index contributed by atoms with van der Waals surface area (Å²) in [5, 5.41) is 16.2. The van der Waals surface area contributed by atoms with Crippen molar-refractivity contribution in [1.82, 2.24) is 25.1 Å². The maximum Gasteiger partial charge on any atom is 0.224 e. The van der Waals surface area contributed by atoms with Crippen molar-refractivity contribution in [3.63, 3.8) is 0 Å². The van der Waals surface area contributed by atoms with Gasteiger partial charge in [0.25, 0.3) is 0 Å². The van der Waals surface area contributed by atoms with Gasteiger partial charge in [-0.3, -0.25) is 4.79 Å². The molecule has 140 valence electrons. The van der Waals surface area contributed by atoms with Gasteiger partial charge in [-0.15, -0.1) is 10.2 Å². The number of hydrogen-bond acceptors (Lipinski definition) is 4. The van der Waals surface area contributed by atoms with Gasteiger partial charge in [-0.05, 0) is 42.0 Å². The lowest BCUT2D eigenvalue weighted by atomic mass is 10.1. The molecule has 2 heterocycles. The Kier molecular flexibility index (Phi) is 4.99. The molecule has 8 heteroatoms. The van der Waals surface area contributed by atoms with E-state index in [9.17, 15) is 9.18 Å². The number of fused-ring (bicyclic) bond motifs is 1. The molecule has 2 aromatic heterocycles. The number of rotatable bonds is 5. The second-order valence-corrected chi connectivity index (χ2v) is 6.63. The Morgan fingerprint density at radius 2 is 1.75 bits per heavy atom. The van der Waals surface area contributed by atoms with Crippen LogP contribution >= 0.6 is 11.6 Å². The maximum atomic E-state index is 12.9. The van der Waals surface area contributed by atoms with E-state index in [1.54, 1.807) is 28.8 Å². The summed E-state index contributed by atoms with van der Waals surface area (Å²) in [6.45, 7) is 0.179. The van der Waals surface area contributed by atoms with Crippen molar-refractivity contribution in [3.05, 3.63) is 82.9 Å². The van der Waals surface area contributed by atoms with Gasteiger partial charge in [0.05, 0.1) is 18.7 Å². The Hall–Kier alpha value is -3.32. The topological polar surface area (TPSA) is 72.2 Å². The van der Waals surface area contributed by atoms with E-state index in [1.807, 2.05) is 24.3 Å². The number of nitrogens with one attached hydrogen (secondary N) is 1. The number of amides is 1. The zero-order valence-electron chi connectivity index (χ0n) is 14.6. The summed E-state index contributed by atoms with van der Waals surface area (Å²) in [5.41, 5.74) is 2.96. The summed E-state index contributed by atoms with van der Waals surface area (Å²) in [6, 6.07) is 16.8. The molecular formula is C20H15ClFN5O. The Morgan fingerprint density at radius 1 is 1.00 bits per heavy atom. The highest BCUT2D eigenvalue weighted by molar-refractivity contribution is 6.30. The normalized spacial score (nSPS) is 10.9. The van der Waals surface area contributed by atoms with E-state index in [0.29, 0.717) is 16.5 Å². The fourth-order valence-corrected chi connectivity index (χ4v) is 2.87. The zero-order valence-corrected chi connectivity index (χ0v) is 15.4. The first-order valence-electron chi connectivity index (χ1n) is 8.57. The minimum Gasteiger partial charge on any atom is -0.348 e. The number of carbonyl (C=O) groups is 1. The number of halogens is 2. The molecule has 0 unspecified atom stereocenters. The molecule has 0 spiro atoms. The number of aromatic nitrogens is 4. The van der Waals surface area contributed by atoms with Crippen LogP contribution in [0.25, 0.3) is 16.9 Å². The summed E-state index contributed by atoms with van der Waals surface area (Å²) in [4.78, 5) is 12.2. The van der Waals surface area contributed by atoms with Gasteiger partial charge in [0.15, 0.2) is 11.5 Å². The molecule has 6 nitrogen and oxygen atoms in total. The smallest absolute Gasteiger partial charge is 0.224 e. The molecule has 1 amide bonds. The summed E-state index contributed by atoms with van der Waals surface area (Å²) in [7, 11) is 0. The third-order valence-electron chi connectivity index (χ3n) is 4.19. The van der Waals surface area contributed by atoms with E-state index in [4.69, 9.17) is 11.6 Å². The van der Waals surface area contributed by atoms with Crippen molar-refractivity contribution in [1.29, 1.82) is 0 Å². The molecule has 0 fully saturated rings. The first-order chi connectivity index (χ1) is 13.6. The lowest BCUT2D eigenvalue weighted by molar-refractivity contribution is -0.120. The molecule has 0 saturated carbocycles. The van der Waals surface area contributed by atoms with Crippen molar-refractivity contribution in [2.24, 2.45) is 0 Å². The van der Waals surface area contributed by atoms with E-state index in [0.717, 1.165) is 16.8 Å². The molecule has 28 heavy (non-hydrogen) atoms. The summed E-state index contributed by atoms with van der Waals surface area (Å²) in [5.74, 6) is -0.0165. The fraction of sp³-hybridized carbons (Fsp3) is 0.100. The van der Waals surface area contributed by atoms with E-state index in [-0.39, 0.29) is 24.7 Å². The lowest BCUT2D eigenvalue weighted by Gasteiger charge is -2.06. The SMILES string of the molecule is O=C(Cc1ccc(F)cc1)NCc1nnc2ccc(-c3ccc(Cl)cc3)nn12. The highest BCUT2D eigenvalue weighted by Crippen LogP contribution is 2.20. The Morgan fingerprint density at radius 3 is 2.50 bits per heavy atom. The molecule has 0 atom stereocenters. The molecule has 1 N–H and O–H groups in total. The van der Waals surface area contributed by atoms with E-state index in [1.165, 1.54) is 12.1 Å². The van der Waals surface area contributed by atoms with Gasteiger partial charge in [0.1, 0.15) is 5.82 Å². The molecule has 0 saturated heterocycles. The molecule has 4 aromatic rings. The van der Waals surface area contributed by atoms with Gasteiger partial charge in [-0.1, -0.05) is 35.9 Å². The van der Waals surface area contributed by atoms with Crippen molar-refractivity contribution >= 4 is 23.2 Å². The number of benzene rings is 2. The van der Waals surface area contributed by atoms with Gasteiger partial charge >= 0.3 is 0 Å². The highest BCUT2D eigenvalue weighted by atomic mass is 35.5. The third kappa shape index (κ3) is 3.99. The Balaban J connectivity index is 1.49. The average Bonchev–Trinajstić information content (AvgIpc) is 3.11. The first-order valence-corrected chi connectivity index (χ1v) is 8.95. The minimum absolute atomic E-state index is 0.153. The first kappa shape index (κ1) is 18.1. The van der Waals surface area contributed by atoms with Crippen LogP contribution in [0.5, 0.6) is 0 Å². The van der Waals surface area contributed by atoms with Crippen molar-refractivity contribution in [2.75, 3.05) is 0 Å². The molecule has 2 aromatic carbocycles. The van der Waals surface area contributed by atoms with Gasteiger partial charge in [0.2, 0.25) is 5.91 Å². The van der Waals surface area contributed by atoms with Crippen LogP contribution in [-0.4, -0.2) is 25.7 Å². The average molecular weight is 396 g/mol. The van der Waals surface area contributed by atoms with Crippen LogP contribution < -0.4 is 5.32 Å². The largest absolute Gasteiger partial charge is 0.348 e. The maximum absolute atomic E-state index is 12.9. The minimum atomic E-state index is -0.332. The molecule has 0 aliphatic rings. The predicted molar refractivity (Wildman–Crippen MR) is 103 cm³/mol. The predicted octanol–water partition coefficient (Wildman–Crippen LogP) is 3.44. The van der Waals surface area contributed by atoms with Crippen LogP contribution in [0.4, 0.5) is 4.39 Å². The van der Waals surface area contributed by atoms with Gasteiger partial charge in [-0.25, -0.2) is 4.39 Å². The van der Waals surface area contributed by atoms with Crippen LogP contribution in [0.15, 0.2) is 60.7 Å². The van der Waals surface area contributed by atoms with Crippen LogP contribution in [0.1, 0.15) is 11.4 Å². The second kappa shape index (κ2) is 7.74. The number of nitrogens with zero attached hydrogens (tertiary/aromatic N) is 4. The van der Waals surface area contributed by atoms with Crippen molar-refractivity contribution in [2.45, 2.75) is 13.0 Å². The molecule has 4 rings (SSSR count). The standard InChI is InChI=1S/C20H15ClFN5O/c21-15-5-3-14(4-6-15)17-9-10-18-24-25-19(27(18)26-17)12-23-20(28)11-13-1-7-16(22)8-2-13/h1-10H,11-12H2,(H,23,28). The summed E-state index contributed by atoms with van der Waals surface area (Å²) < 4.78 is 14.5. The molecule has 0 aliphatic heterocycles. The Bertz CT molecular complexity index is 1130. The summed E-state index contributed by atoms with van der Waals surface area (Å²) >= 11 is 5.93. The van der Waals surface area contributed by atoms with Crippen LogP contribution in [0.2, 0.25) is 5.02 Å². The van der Waals surface area contributed by atoms with Crippen molar-refractivity contribution in [3.8, 4) is 11.3 Å². The van der Waals surface area contributed by atoms with Gasteiger partial charge in [0, 0.05) is 10.6 Å². The van der Waals surface area contributed by atoms with Gasteiger partial charge < -0.3 is 5.32 Å². The Labute approximate surface area is 165 Å². The molecule has 0 radical (unpaired) electrons. The molecular weight excluding hydrogens is 381 g/mol. The number of carbonyl (C=O) groups excluding carboxylic acids is 1. The fourth-order valence-electron chi connectivity index (χ4n) is 2.75. The second-order valence-electron chi connectivity index (χ2n) is 6.19. The number of hydrogen-bond donors (Lipinski definition) is 1. The van der Waals surface area contributed by atoms with Gasteiger partial charge in [-0.2, -0.15) is 9.61 Å². The summed E-state index contributed by atoms with van der Waals surface area (Å²) in [6.07, 6.45) is 0.153. The third-order valence-corrected chi connectivity index (χ3v) is 4.44. The van der Waals surface area contributed by atoms with Crippen molar-refractivity contribution < 1.29 is 9.18 Å². The van der Waals surface area contributed by atoms with Crippen LogP contribution in [0, 0.1) is 5.82 Å². The zero-order chi connectivity index (χ0) is 19.5. The van der Waals surface area contributed by atoms with E-state index >= 15 is 0 Å². The quantitative estimate of drug-likeness (QED) is 0.562. The van der Waals surface area contributed by atoms with E-state index in [2.05, 4.69) is 20.6 Å². The van der Waals surface area contributed by atoms with Crippen LogP contribution in [-0.2, 0) is 17.8 Å². The monoisotopic (exact) mass is 395 g/mol. The van der Waals surface area contributed by atoms with Crippen LogP contribution in [0.3, 0.4) is 0 Å². The van der Waals surface area contributed by atoms with E-state index < -0.39 is 0 Å². The lowest BCUT2D eigenvalue weighted by Crippen LogP contribution is -2.25. The molecule has 0 bridgehead atoms.